The summed E-state index contributed by atoms with van der Waals surface area (Å²) in [5.74, 6) is -1.93. The highest BCUT2D eigenvalue weighted by atomic mass is 32.2. The van der Waals surface area contributed by atoms with Gasteiger partial charge in [0.1, 0.15) is 11.6 Å². The van der Waals surface area contributed by atoms with Crippen LogP contribution in [0.2, 0.25) is 0 Å². The van der Waals surface area contributed by atoms with Crippen LogP contribution in [0.1, 0.15) is 20.7 Å². The van der Waals surface area contributed by atoms with Crippen molar-refractivity contribution in [2.45, 2.75) is 4.90 Å². The van der Waals surface area contributed by atoms with Crippen LogP contribution in [0.4, 0.5) is 15.8 Å². The highest BCUT2D eigenvalue weighted by Gasteiger charge is 2.19. The van der Waals surface area contributed by atoms with E-state index in [-0.39, 0.29) is 33.1 Å². The van der Waals surface area contributed by atoms with Gasteiger partial charge in [0.25, 0.3) is 15.9 Å². The maximum Gasteiger partial charge on any atom is 0.261 e. The number of methoxy groups -OCH3 is 1. The molecule has 0 aliphatic carbocycles. The molecular formula is C21H18FN3O5S. The lowest BCUT2D eigenvalue weighted by atomic mass is 10.2. The number of nitrogens with one attached hydrogen (secondary N) is 2. The molecule has 0 aliphatic rings. The summed E-state index contributed by atoms with van der Waals surface area (Å²) in [6.07, 6.45) is 0. The van der Waals surface area contributed by atoms with Crippen LogP contribution in [0.25, 0.3) is 0 Å². The fraction of sp³-hybridized carbons (Fsp3) is 0.0476. The Bertz CT molecular complexity index is 1240. The van der Waals surface area contributed by atoms with Crippen molar-refractivity contribution in [1.82, 2.24) is 0 Å². The van der Waals surface area contributed by atoms with E-state index in [1.807, 2.05) is 0 Å². The summed E-state index contributed by atoms with van der Waals surface area (Å²) >= 11 is 0. The third-order valence-electron chi connectivity index (χ3n) is 4.27. The number of rotatable bonds is 7. The largest absolute Gasteiger partial charge is 0.495 e. The predicted octanol–water partition coefficient (Wildman–Crippen LogP) is 2.99. The minimum atomic E-state index is -4.05. The Labute approximate surface area is 177 Å². The number of ether oxygens (including phenoxy) is 1. The maximum atomic E-state index is 13.9. The standard InChI is InChI=1S/C21H18FN3O5S/c1-30-19-11-10-15(12-18(19)24-21(27)16-4-2-3-5-17(16)22)31(28,29)25-14-8-6-13(7-9-14)20(23)26/h2-12,25H,1H3,(H2,23,26)(H,24,27). The molecule has 3 rings (SSSR count). The van der Waals surface area contributed by atoms with Crippen molar-refractivity contribution in [3.8, 4) is 5.75 Å². The van der Waals surface area contributed by atoms with Crippen molar-refractivity contribution < 1.29 is 27.1 Å². The molecule has 0 saturated carbocycles. The number of nitrogens with two attached hydrogens (primary N) is 1. The predicted molar refractivity (Wildman–Crippen MR) is 113 cm³/mol. The van der Waals surface area contributed by atoms with Crippen molar-refractivity contribution in [2.24, 2.45) is 5.73 Å². The Hall–Kier alpha value is -3.92. The van der Waals surface area contributed by atoms with Crippen molar-refractivity contribution in [3.63, 3.8) is 0 Å². The molecule has 3 aromatic rings. The minimum Gasteiger partial charge on any atom is -0.495 e. The van der Waals surface area contributed by atoms with Gasteiger partial charge in [0, 0.05) is 11.3 Å². The van der Waals surface area contributed by atoms with E-state index in [1.165, 1.54) is 67.8 Å². The van der Waals surface area contributed by atoms with Gasteiger partial charge in [-0.3, -0.25) is 14.3 Å². The zero-order chi connectivity index (χ0) is 22.6. The number of carbonyl (C=O) groups excluding carboxylic acids is 2. The van der Waals surface area contributed by atoms with E-state index in [4.69, 9.17) is 10.5 Å². The van der Waals surface area contributed by atoms with E-state index in [9.17, 15) is 22.4 Å². The topological polar surface area (TPSA) is 128 Å². The normalized spacial score (nSPS) is 10.9. The average Bonchev–Trinajstić information content (AvgIpc) is 2.74. The van der Waals surface area contributed by atoms with Gasteiger partial charge in [-0.25, -0.2) is 12.8 Å². The van der Waals surface area contributed by atoms with Crippen LogP contribution >= 0.6 is 0 Å². The number of carbonyl (C=O) groups is 2. The van der Waals surface area contributed by atoms with Gasteiger partial charge in [0.2, 0.25) is 5.91 Å². The summed E-state index contributed by atoms with van der Waals surface area (Å²) in [5.41, 5.74) is 5.44. The van der Waals surface area contributed by atoms with Crippen molar-refractivity contribution >= 4 is 33.2 Å². The van der Waals surface area contributed by atoms with Crippen molar-refractivity contribution in [3.05, 3.63) is 83.7 Å². The average molecular weight is 443 g/mol. The fourth-order valence-electron chi connectivity index (χ4n) is 2.70. The highest BCUT2D eigenvalue weighted by Crippen LogP contribution is 2.29. The zero-order valence-electron chi connectivity index (χ0n) is 16.3. The Morgan fingerprint density at radius 3 is 2.29 bits per heavy atom. The summed E-state index contributed by atoms with van der Waals surface area (Å²) in [5, 5.41) is 2.47. The molecular weight excluding hydrogens is 425 g/mol. The lowest BCUT2D eigenvalue weighted by molar-refractivity contribution is 0.0997. The highest BCUT2D eigenvalue weighted by molar-refractivity contribution is 7.92. The van der Waals surface area contributed by atoms with Crippen LogP contribution in [0.3, 0.4) is 0 Å². The second-order valence-electron chi connectivity index (χ2n) is 6.34. The third kappa shape index (κ3) is 4.98. The molecule has 0 aliphatic heterocycles. The number of primary amides is 1. The third-order valence-corrected chi connectivity index (χ3v) is 5.65. The molecule has 160 valence electrons. The maximum absolute atomic E-state index is 13.9. The quantitative estimate of drug-likeness (QED) is 0.517. The second kappa shape index (κ2) is 8.84. The van der Waals surface area contributed by atoms with E-state index in [1.54, 1.807) is 0 Å². The molecule has 0 radical (unpaired) electrons. The summed E-state index contributed by atoms with van der Waals surface area (Å²) < 4.78 is 47.0. The first kappa shape index (κ1) is 21.8. The van der Waals surface area contributed by atoms with Crippen LogP contribution in [-0.2, 0) is 10.0 Å². The first-order chi connectivity index (χ1) is 14.7. The number of anilines is 2. The summed E-state index contributed by atoms with van der Waals surface area (Å²) in [6.45, 7) is 0. The Morgan fingerprint density at radius 2 is 1.68 bits per heavy atom. The number of halogens is 1. The van der Waals surface area contributed by atoms with Gasteiger partial charge in [-0.2, -0.15) is 0 Å². The number of hydrogen-bond donors (Lipinski definition) is 3. The van der Waals surface area contributed by atoms with Crippen LogP contribution in [0, 0.1) is 5.82 Å². The number of benzene rings is 3. The molecule has 0 unspecified atom stereocenters. The van der Waals surface area contributed by atoms with E-state index >= 15 is 0 Å². The molecule has 0 heterocycles. The van der Waals surface area contributed by atoms with E-state index in [0.717, 1.165) is 6.07 Å². The lowest BCUT2D eigenvalue weighted by Gasteiger charge is -2.14. The summed E-state index contributed by atoms with van der Waals surface area (Å²) in [6, 6.07) is 14.8. The second-order valence-corrected chi connectivity index (χ2v) is 8.03. The van der Waals surface area contributed by atoms with Crippen molar-refractivity contribution in [1.29, 1.82) is 0 Å². The van der Waals surface area contributed by atoms with Crippen LogP contribution in [0.15, 0.2) is 71.6 Å². The smallest absolute Gasteiger partial charge is 0.261 e. The molecule has 0 saturated heterocycles. The van der Waals surface area contributed by atoms with Crippen molar-refractivity contribution in [2.75, 3.05) is 17.1 Å². The molecule has 0 atom stereocenters. The molecule has 0 fully saturated rings. The molecule has 0 spiro atoms. The summed E-state index contributed by atoms with van der Waals surface area (Å²) in [7, 11) is -2.70. The summed E-state index contributed by atoms with van der Waals surface area (Å²) in [4.78, 5) is 23.4. The van der Waals surface area contributed by atoms with Crippen LogP contribution in [-0.4, -0.2) is 27.3 Å². The van der Waals surface area contributed by atoms with Gasteiger partial charge in [-0.05, 0) is 54.6 Å². The molecule has 8 nitrogen and oxygen atoms in total. The first-order valence-electron chi connectivity index (χ1n) is 8.88. The minimum absolute atomic E-state index is 0.0442. The SMILES string of the molecule is COc1ccc(S(=O)(=O)Nc2ccc(C(N)=O)cc2)cc1NC(=O)c1ccccc1F. The van der Waals surface area contributed by atoms with Gasteiger partial charge in [-0.1, -0.05) is 12.1 Å². The molecule has 4 N–H and O–H groups in total. The number of sulfonamides is 1. The Kier molecular flexibility index (Phi) is 6.21. The molecule has 0 aromatic heterocycles. The first-order valence-corrected chi connectivity index (χ1v) is 10.4. The van der Waals surface area contributed by atoms with Crippen LogP contribution in [0.5, 0.6) is 5.75 Å². The molecule has 3 aromatic carbocycles. The van der Waals surface area contributed by atoms with E-state index < -0.39 is 27.7 Å². The van der Waals surface area contributed by atoms with Gasteiger partial charge >= 0.3 is 0 Å². The van der Waals surface area contributed by atoms with Crippen LogP contribution < -0.4 is 20.5 Å². The molecule has 2 amide bonds. The van der Waals surface area contributed by atoms with Gasteiger partial charge in [0.05, 0.1) is 23.3 Å². The Morgan fingerprint density at radius 1 is 1.00 bits per heavy atom. The Balaban J connectivity index is 1.88. The van der Waals surface area contributed by atoms with Gasteiger partial charge in [-0.15, -0.1) is 0 Å². The number of hydrogen-bond acceptors (Lipinski definition) is 5. The van der Waals surface area contributed by atoms with Gasteiger partial charge < -0.3 is 15.8 Å². The molecule has 10 heteroatoms. The lowest BCUT2D eigenvalue weighted by Crippen LogP contribution is -2.17. The monoisotopic (exact) mass is 443 g/mol. The van der Waals surface area contributed by atoms with E-state index in [2.05, 4.69) is 10.0 Å². The van der Waals surface area contributed by atoms with E-state index in [0.29, 0.717) is 0 Å². The zero-order valence-corrected chi connectivity index (χ0v) is 17.1. The fourth-order valence-corrected chi connectivity index (χ4v) is 3.79. The molecule has 0 bridgehead atoms. The molecule has 31 heavy (non-hydrogen) atoms. The van der Waals surface area contributed by atoms with Gasteiger partial charge in [0.15, 0.2) is 0 Å². The number of amides is 2.